The van der Waals surface area contributed by atoms with Gasteiger partial charge in [-0.1, -0.05) is 18.2 Å². The van der Waals surface area contributed by atoms with Gasteiger partial charge in [-0.2, -0.15) is 0 Å². The third-order valence-electron chi connectivity index (χ3n) is 4.96. The van der Waals surface area contributed by atoms with Crippen LogP contribution in [0.1, 0.15) is 40.5 Å². The van der Waals surface area contributed by atoms with E-state index in [1.165, 1.54) is 5.56 Å². The molecular weight excluding hydrogens is 396 g/mol. The summed E-state index contributed by atoms with van der Waals surface area (Å²) in [7, 11) is 1.66. The van der Waals surface area contributed by atoms with Crippen LogP contribution in [-0.4, -0.2) is 35.5 Å². The van der Waals surface area contributed by atoms with Crippen molar-refractivity contribution in [1.29, 1.82) is 0 Å². The fourth-order valence-electron chi connectivity index (χ4n) is 3.38. The summed E-state index contributed by atoms with van der Waals surface area (Å²) in [6.07, 6.45) is 0.781. The summed E-state index contributed by atoms with van der Waals surface area (Å²) in [6.45, 7) is 7.09. The third kappa shape index (κ3) is 5.60. The highest BCUT2D eigenvalue weighted by atomic mass is 32.1. The molecule has 0 saturated carbocycles. The quantitative estimate of drug-likeness (QED) is 0.478. The molecule has 3 rings (SSSR count). The van der Waals surface area contributed by atoms with Gasteiger partial charge in [-0.05, 0) is 63.1 Å². The smallest absolute Gasteiger partial charge is 0.254 e. The summed E-state index contributed by atoms with van der Waals surface area (Å²) >= 11 is 1.60. The lowest BCUT2D eigenvalue weighted by Crippen LogP contribution is -2.39. The zero-order valence-corrected chi connectivity index (χ0v) is 18.7. The first-order chi connectivity index (χ1) is 14.5. The monoisotopic (exact) mass is 424 g/mol. The van der Waals surface area contributed by atoms with Crippen LogP contribution in [-0.2, 0) is 13.0 Å². The summed E-state index contributed by atoms with van der Waals surface area (Å²) in [6, 6.07) is 15.4. The Hall–Kier alpha value is -2.86. The van der Waals surface area contributed by atoms with Gasteiger partial charge in [0.05, 0.1) is 17.8 Å². The van der Waals surface area contributed by atoms with E-state index in [0.29, 0.717) is 24.5 Å². The molecule has 0 aliphatic heterocycles. The molecule has 0 spiro atoms. The number of aryl methyl sites for hydroxylation is 1. The van der Waals surface area contributed by atoms with Crippen molar-refractivity contribution in [2.24, 2.45) is 0 Å². The molecule has 1 heterocycles. The number of aromatic nitrogens is 1. The van der Waals surface area contributed by atoms with Crippen LogP contribution in [0.25, 0.3) is 0 Å². The summed E-state index contributed by atoms with van der Waals surface area (Å²) in [5, 5.41) is 3.01. The Labute approximate surface area is 182 Å². The van der Waals surface area contributed by atoms with E-state index in [0.717, 1.165) is 22.9 Å². The lowest BCUT2D eigenvalue weighted by Gasteiger charge is -2.28. The fourth-order valence-corrected chi connectivity index (χ4v) is 3.98. The predicted molar refractivity (Wildman–Crippen MR) is 120 cm³/mol. The highest BCUT2D eigenvalue weighted by molar-refractivity contribution is 7.09. The van der Waals surface area contributed by atoms with Crippen molar-refractivity contribution >= 4 is 17.2 Å². The average Bonchev–Trinajstić information content (AvgIpc) is 3.18. The van der Waals surface area contributed by atoms with Crippen LogP contribution >= 0.6 is 11.3 Å². The topological polar surface area (TPSA) is 51.7 Å². The second kappa shape index (κ2) is 10.3. The maximum absolute atomic E-state index is 13.2. The molecule has 5 nitrogen and oxygen atoms in total. The average molecular weight is 425 g/mol. The molecule has 0 bridgehead atoms. The number of carbonyl (C=O) groups excluding carboxylic acids is 1. The minimum Gasteiger partial charge on any atom is -0.497 e. The minimum atomic E-state index is 0.00784. The van der Waals surface area contributed by atoms with Gasteiger partial charge in [0.1, 0.15) is 18.1 Å². The summed E-state index contributed by atoms with van der Waals surface area (Å²) in [4.78, 5) is 19.5. The number of thiazole rings is 1. The fraction of sp³-hybridized carbons (Fsp3) is 0.333. The van der Waals surface area contributed by atoms with Crippen molar-refractivity contribution in [3.8, 4) is 11.5 Å². The standard InChI is InChI=1S/C24H28N2O3S/c1-5-26(17(2)13-19-9-11-22(28-4)12-10-19)24(27)20-7-6-8-23(14-20)29-15-21-16-30-18(3)25-21/h6-12,14,16-17H,5,13,15H2,1-4H3. The second-order valence-corrected chi connectivity index (χ2v) is 8.23. The van der Waals surface area contributed by atoms with Gasteiger partial charge in [-0.3, -0.25) is 4.79 Å². The van der Waals surface area contributed by atoms with Crippen LogP contribution in [0.3, 0.4) is 0 Å². The third-order valence-corrected chi connectivity index (χ3v) is 5.78. The van der Waals surface area contributed by atoms with Crippen LogP contribution in [0.2, 0.25) is 0 Å². The molecule has 158 valence electrons. The number of hydrogen-bond acceptors (Lipinski definition) is 5. The van der Waals surface area contributed by atoms with Gasteiger partial charge in [0, 0.05) is 23.5 Å². The number of nitrogens with zero attached hydrogens (tertiary/aromatic N) is 2. The van der Waals surface area contributed by atoms with E-state index in [1.54, 1.807) is 18.4 Å². The van der Waals surface area contributed by atoms with Gasteiger partial charge in [0.25, 0.3) is 5.91 Å². The van der Waals surface area contributed by atoms with Gasteiger partial charge in [0.2, 0.25) is 0 Å². The first-order valence-electron chi connectivity index (χ1n) is 10.1. The molecule has 3 aromatic rings. The van der Waals surface area contributed by atoms with Gasteiger partial charge in [0.15, 0.2) is 0 Å². The van der Waals surface area contributed by atoms with Gasteiger partial charge in [-0.25, -0.2) is 4.98 Å². The minimum absolute atomic E-state index is 0.00784. The van der Waals surface area contributed by atoms with Crippen LogP contribution in [0.4, 0.5) is 0 Å². The largest absolute Gasteiger partial charge is 0.497 e. The molecule has 1 aromatic heterocycles. The number of benzene rings is 2. The normalized spacial score (nSPS) is 11.7. The molecule has 0 aliphatic rings. The summed E-state index contributed by atoms with van der Waals surface area (Å²) < 4.78 is 11.1. The number of hydrogen-bond donors (Lipinski definition) is 0. The first-order valence-corrected chi connectivity index (χ1v) is 11.0. The van der Waals surface area contributed by atoms with Crippen molar-refractivity contribution in [2.45, 2.75) is 39.8 Å². The number of ether oxygens (including phenoxy) is 2. The molecule has 1 amide bonds. The van der Waals surface area contributed by atoms with Crippen molar-refractivity contribution in [1.82, 2.24) is 9.88 Å². The van der Waals surface area contributed by atoms with E-state index >= 15 is 0 Å². The van der Waals surface area contributed by atoms with Crippen molar-refractivity contribution < 1.29 is 14.3 Å². The molecule has 0 aliphatic carbocycles. The van der Waals surface area contributed by atoms with Gasteiger partial charge in [-0.15, -0.1) is 11.3 Å². The molecule has 0 fully saturated rings. The summed E-state index contributed by atoms with van der Waals surface area (Å²) in [5.74, 6) is 1.51. The van der Waals surface area contributed by atoms with Crippen LogP contribution in [0, 0.1) is 6.92 Å². The summed E-state index contributed by atoms with van der Waals surface area (Å²) in [5.41, 5.74) is 2.70. The Kier molecular flexibility index (Phi) is 7.46. The molecule has 2 aromatic carbocycles. The Balaban J connectivity index is 1.66. The van der Waals surface area contributed by atoms with Crippen molar-refractivity contribution in [3.63, 3.8) is 0 Å². The number of amides is 1. The van der Waals surface area contributed by atoms with Crippen molar-refractivity contribution in [3.05, 3.63) is 75.7 Å². The number of methoxy groups -OCH3 is 1. The molecule has 6 heteroatoms. The predicted octanol–water partition coefficient (Wildman–Crippen LogP) is 5.13. The Morgan fingerprint density at radius 3 is 2.57 bits per heavy atom. The van der Waals surface area contributed by atoms with E-state index in [-0.39, 0.29) is 11.9 Å². The SMILES string of the molecule is CCN(C(=O)c1cccc(OCc2csc(C)n2)c1)C(C)Cc1ccc(OC)cc1. The maximum atomic E-state index is 13.2. The lowest BCUT2D eigenvalue weighted by molar-refractivity contribution is 0.0703. The van der Waals surface area contributed by atoms with E-state index < -0.39 is 0 Å². The Bertz CT molecular complexity index is 969. The first kappa shape index (κ1) is 21.8. The zero-order chi connectivity index (χ0) is 21.5. The van der Waals surface area contributed by atoms with Gasteiger partial charge >= 0.3 is 0 Å². The van der Waals surface area contributed by atoms with Crippen LogP contribution in [0.15, 0.2) is 53.9 Å². The molecule has 0 N–H and O–H groups in total. The van der Waals surface area contributed by atoms with E-state index in [4.69, 9.17) is 9.47 Å². The highest BCUT2D eigenvalue weighted by Gasteiger charge is 2.21. The van der Waals surface area contributed by atoms with Crippen LogP contribution < -0.4 is 9.47 Å². The van der Waals surface area contributed by atoms with Crippen LogP contribution in [0.5, 0.6) is 11.5 Å². The molecule has 1 atom stereocenters. The molecule has 30 heavy (non-hydrogen) atoms. The molecule has 0 saturated heterocycles. The maximum Gasteiger partial charge on any atom is 0.254 e. The molecule has 1 unspecified atom stereocenters. The molecule has 0 radical (unpaired) electrons. The number of carbonyl (C=O) groups is 1. The van der Waals surface area contributed by atoms with Crippen molar-refractivity contribution in [2.75, 3.05) is 13.7 Å². The zero-order valence-electron chi connectivity index (χ0n) is 17.9. The lowest BCUT2D eigenvalue weighted by atomic mass is 10.0. The van der Waals surface area contributed by atoms with E-state index in [1.807, 2.05) is 72.7 Å². The molecular formula is C24H28N2O3S. The van der Waals surface area contributed by atoms with E-state index in [9.17, 15) is 4.79 Å². The van der Waals surface area contributed by atoms with E-state index in [2.05, 4.69) is 11.9 Å². The van der Waals surface area contributed by atoms with Gasteiger partial charge < -0.3 is 14.4 Å². The number of likely N-dealkylation sites (N-methyl/N-ethyl adjacent to an activating group) is 1. The number of rotatable bonds is 9. The highest BCUT2D eigenvalue weighted by Crippen LogP contribution is 2.20. The Morgan fingerprint density at radius 1 is 1.17 bits per heavy atom. The second-order valence-electron chi connectivity index (χ2n) is 7.17. The Morgan fingerprint density at radius 2 is 1.93 bits per heavy atom.